The van der Waals surface area contributed by atoms with Crippen molar-refractivity contribution in [1.29, 1.82) is 0 Å². The third kappa shape index (κ3) is 2.21. The normalized spacial score (nSPS) is 16.8. The van der Waals surface area contributed by atoms with Crippen LogP contribution in [0.1, 0.15) is 11.5 Å². The van der Waals surface area contributed by atoms with Crippen molar-refractivity contribution in [2.24, 2.45) is 0 Å². The Bertz CT molecular complexity index is 699. The highest BCUT2D eigenvalue weighted by atomic mass is 32.1. The molecular weight excluding hydrogens is 280 g/mol. The lowest BCUT2D eigenvalue weighted by Gasteiger charge is -2.22. The van der Waals surface area contributed by atoms with Crippen molar-refractivity contribution in [2.45, 2.75) is 5.92 Å². The minimum absolute atomic E-state index is 0.00278. The minimum atomic E-state index is -0.383. The molecular formula is C17H16N2OS. The minimum Gasteiger partial charge on any atom is -0.338 e. The van der Waals surface area contributed by atoms with E-state index in [0.29, 0.717) is 4.99 Å². The number of benzene rings is 2. The fourth-order valence-corrected chi connectivity index (χ4v) is 3.02. The number of para-hydroxylation sites is 2. The van der Waals surface area contributed by atoms with Gasteiger partial charge in [-0.3, -0.25) is 4.79 Å². The SMILES string of the molecule is CN(C(=O)C1C(=S)N(C)c2ccccc21)c1ccccc1. The summed E-state index contributed by atoms with van der Waals surface area (Å²) in [5, 5.41) is 0. The quantitative estimate of drug-likeness (QED) is 0.795. The second-order valence-electron chi connectivity index (χ2n) is 5.12. The molecule has 0 bridgehead atoms. The zero-order valence-electron chi connectivity index (χ0n) is 12.0. The van der Waals surface area contributed by atoms with Gasteiger partial charge in [0.25, 0.3) is 0 Å². The van der Waals surface area contributed by atoms with Crippen LogP contribution in [-0.2, 0) is 4.79 Å². The lowest BCUT2D eigenvalue weighted by molar-refractivity contribution is -0.118. The van der Waals surface area contributed by atoms with E-state index in [1.54, 1.807) is 11.9 Å². The summed E-state index contributed by atoms with van der Waals surface area (Å²) in [5.74, 6) is -0.380. The van der Waals surface area contributed by atoms with Crippen molar-refractivity contribution in [2.75, 3.05) is 23.9 Å². The van der Waals surface area contributed by atoms with Gasteiger partial charge in [0.2, 0.25) is 5.91 Å². The summed E-state index contributed by atoms with van der Waals surface area (Å²) >= 11 is 5.49. The molecule has 0 radical (unpaired) electrons. The summed E-state index contributed by atoms with van der Waals surface area (Å²) in [4.78, 5) is 17.1. The first-order valence-corrected chi connectivity index (χ1v) is 7.21. The van der Waals surface area contributed by atoms with Crippen LogP contribution in [0.2, 0.25) is 0 Å². The van der Waals surface area contributed by atoms with Crippen LogP contribution in [0.3, 0.4) is 0 Å². The number of rotatable bonds is 2. The first-order chi connectivity index (χ1) is 10.1. The predicted molar refractivity (Wildman–Crippen MR) is 90.0 cm³/mol. The largest absolute Gasteiger partial charge is 0.338 e. The zero-order chi connectivity index (χ0) is 15.0. The molecule has 1 heterocycles. The van der Waals surface area contributed by atoms with Gasteiger partial charge in [0, 0.05) is 25.5 Å². The van der Waals surface area contributed by atoms with Gasteiger partial charge in [-0.15, -0.1) is 0 Å². The van der Waals surface area contributed by atoms with E-state index < -0.39 is 0 Å². The van der Waals surface area contributed by atoms with E-state index in [9.17, 15) is 4.79 Å². The molecule has 1 amide bonds. The Morgan fingerprint density at radius 3 is 2.43 bits per heavy atom. The van der Waals surface area contributed by atoms with E-state index in [4.69, 9.17) is 12.2 Å². The average molecular weight is 296 g/mol. The number of thiocarbonyl (C=S) groups is 1. The maximum absolute atomic E-state index is 12.9. The number of hydrogen-bond donors (Lipinski definition) is 0. The fraction of sp³-hybridized carbons (Fsp3) is 0.176. The molecule has 0 N–H and O–H groups in total. The molecule has 0 spiro atoms. The molecule has 0 aromatic heterocycles. The number of nitrogens with zero attached hydrogens (tertiary/aromatic N) is 2. The number of fused-ring (bicyclic) bond motifs is 1. The number of carbonyl (C=O) groups is 1. The predicted octanol–water partition coefficient (Wildman–Crippen LogP) is 3.21. The van der Waals surface area contributed by atoms with Gasteiger partial charge in [-0.2, -0.15) is 0 Å². The molecule has 3 rings (SSSR count). The summed E-state index contributed by atoms with van der Waals surface area (Å²) in [5.41, 5.74) is 2.87. The van der Waals surface area contributed by atoms with Gasteiger partial charge in [-0.25, -0.2) is 0 Å². The Hall–Kier alpha value is -2.20. The summed E-state index contributed by atoms with van der Waals surface area (Å²) < 4.78 is 0. The summed E-state index contributed by atoms with van der Waals surface area (Å²) in [7, 11) is 3.71. The van der Waals surface area contributed by atoms with E-state index >= 15 is 0 Å². The van der Waals surface area contributed by atoms with E-state index in [1.165, 1.54) is 0 Å². The molecule has 0 aliphatic carbocycles. The second kappa shape index (κ2) is 5.30. The molecule has 3 nitrogen and oxygen atoms in total. The van der Waals surface area contributed by atoms with Crippen molar-refractivity contribution in [3.63, 3.8) is 0 Å². The van der Waals surface area contributed by atoms with Gasteiger partial charge < -0.3 is 9.80 Å². The average Bonchev–Trinajstić information content (AvgIpc) is 2.79. The molecule has 4 heteroatoms. The molecule has 1 unspecified atom stereocenters. The van der Waals surface area contributed by atoms with Crippen molar-refractivity contribution < 1.29 is 4.79 Å². The monoisotopic (exact) mass is 296 g/mol. The van der Waals surface area contributed by atoms with Crippen molar-refractivity contribution in [3.05, 3.63) is 60.2 Å². The molecule has 106 valence electrons. The Morgan fingerprint density at radius 1 is 1.10 bits per heavy atom. The number of amides is 1. The lowest BCUT2D eigenvalue weighted by atomic mass is 9.99. The zero-order valence-corrected chi connectivity index (χ0v) is 12.8. The van der Waals surface area contributed by atoms with Crippen LogP contribution in [-0.4, -0.2) is 25.0 Å². The van der Waals surface area contributed by atoms with Crippen LogP contribution >= 0.6 is 12.2 Å². The van der Waals surface area contributed by atoms with E-state index in [-0.39, 0.29) is 11.8 Å². The Balaban J connectivity index is 1.97. The van der Waals surface area contributed by atoms with Gasteiger partial charge in [-0.05, 0) is 23.8 Å². The first kappa shape index (κ1) is 13.8. The van der Waals surface area contributed by atoms with Gasteiger partial charge in [-0.1, -0.05) is 48.6 Å². The first-order valence-electron chi connectivity index (χ1n) is 6.80. The third-order valence-electron chi connectivity index (χ3n) is 3.91. The van der Waals surface area contributed by atoms with Gasteiger partial charge in [0.15, 0.2) is 0 Å². The second-order valence-corrected chi connectivity index (χ2v) is 5.54. The van der Waals surface area contributed by atoms with Crippen LogP contribution < -0.4 is 9.80 Å². The molecule has 2 aromatic rings. The summed E-state index contributed by atoms with van der Waals surface area (Å²) in [6.07, 6.45) is 0. The molecule has 1 atom stereocenters. The van der Waals surface area contributed by atoms with Gasteiger partial charge in [0.05, 0.1) is 4.99 Å². The summed E-state index contributed by atoms with van der Waals surface area (Å²) in [6, 6.07) is 17.5. The molecule has 0 saturated heterocycles. The van der Waals surface area contributed by atoms with Crippen molar-refractivity contribution in [1.82, 2.24) is 0 Å². The standard InChI is InChI=1S/C17H16N2OS/c1-18(12-8-4-3-5-9-12)16(20)15-13-10-6-7-11-14(13)19(2)17(15)21/h3-11,15H,1-2H3. The molecule has 0 saturated carbocycles. The van der Waals surface area contributed by atoms with Crippen molar-refractivity contribution in [3.8, 4) is 0 Å². The highest BCUT2D eigenvalue weighted by Crippen LogP contribution is 2.38. The number of likely N-dealkylation sites (N-methyl/N-ethyl adjacent to an activating group) is 2. The van der Waals surface area contributed by atoms with Crippen LogP contribution in [0.5, 0.6) is 0 Å². The topological polar surface area (TPSA) is 23.6 Å². The molecule has 1 aliphatic rings. The number of anilines is 2. The fourth-order valence-electron chi connectivity index (χ4n) is 2.69. The van der Waals surface area contributed by atoms with Crippen LogP contribution in [0, 0.1) is 0 Å². The van der Waals surface area contributed by atoms with Gasteiger partial charge in [0.1, 0.15) is 5.92 Å². The Labute approximate surface area is 129 Å². The van der Waals surface area contributed by atoms with Gasteiger partial charge >= 0.3 is 0 Å². The van der Waals surface area contributed by atoms with E-state index in [0.717, 1.165) is 16.9 Å². The Kier molecular flexibility index (Phi) is 3.47. The Morgan fingerprint density at radius 2 is 1.71 bits per heavy atom. The van der Waals surface area contributed by atoms with Crippen LogP contribution in [0.15, 0.2) is 54.6 Å². The molecule has 0 fully saturated rings. The molecule has 21 heavy (non-hydrogen) atoms. The van der Waals surface area contributed by atoms with Crippen molar-refractivity contribution >= 4 is 34.5 Å². The van der Waals surface area contributed by atoms with Crippen LogP contribution in [0.25, 0.3) is 0 Å². The summed E-state index contributed by atoms with van der Waals surface area (Å²) in [6.45, 7) is 0. The lowest BCUT2D eigenvalue weighted by Crippen LogP contribution is -2.36. The smallest absolute Gasteiger partial charge is 0.241 e. The molecule has 2 aromatic carbocycles. The highest BCUT2D eigenvalue weighted by molar-refractivity contribution is 7.80. The van der Waals surface area contributed by atoms with E-state index in [2.05, 4.69) is 0 Å². The number of carbonyl (C=O) groups excluding carboxylic acids is 1. The number of hydrogen-bond acceptors (Lipinski definition) is 2. The van der Waals surface area contributed by atoms with Crippen LogP contribution in [0.4, 0.5) is 11.4 Å². The maximum atomic E-state index is 12.9. The maximum Gasteiger partial charge on any atom is 0.241 e. The van der Waals surface area contributed by atoms with E-state index in [1.807, 2.05) is 66.5 Å². The highest BCUT2D eigenvalue weighted by Gasteiger charge is 2.38. The third-order valence-corrected chi connectivity index (χ3v) is 4.42. The molecule has 1 aliphatic heterocycles.